The second-order valence-corrected chi connectivity index (χ2v) is 7.07. The largest absolute Gasteiger partial charge is 0.486 e. The van der Waals surface area contributed by atoms with Crippen molar-refractivity contribution in [2.75, 3.05) is 0 Å². The first kappa shape index (κ1) is 14.9. The molecule has 1 aromatic heterocycles. The normalized spacial score (nSPS) is 11.6. The molecule has 108 valence electrons. The molecule has 0 saturated carbocycles. The summed E-state index contributed by atoms with van der Waals surface area (Å²) in [5.74, 6) is 1.38. The second kappa shape index (κ2) is 5.46. The van der Waals surface area contributed by atoms with Gasteiger partial charge in [-0.2, -0.15) is 0 Å². The molecule has 20 heavy (non-hydrogen) atoms. The van der Waals surface area contributed by atoms with Crippen molar-refractivity contribution in [1.29, 1.82) is 0 Å². The number of aromatic nitrogens is 2. The van der Waals surface area contributed by atoms with Crippen molar-refractivity contribution in [2.45, 2.75) is 25.3 Å². The van der Waals surface area contributed by atoms with Crippen molar-refractivity contribution in [3.63, 3.8) is 0 Å². The summed E-state index contributed by atoms with van der Waals surface area (Å²) in [5.41, 5.74) is 1.13. The van der Waals surface area contributed by atoms with Crippen LogP contribution in [0, 0.1) is 13.8 Å². The van der Waals surface area contributed by atoms with Crippen LogP contribution in [0.25, 0.3) is 0 Å². The van der Waals surface area contributed by atoms with Gasteiger partial charge in [0.15, 0.2) is 0 Å². The van der Waals surface area contributed by atoms with E-state index in [1.54, 1.807) is 32.2 Å². The van der Waals surface area contributed by atoms with E-state index in [2.05, 4.69) is 4.98 Å². The Balaban J connectivity index is 2.25. The number of benzene rings is 1. The summed E-state index contributed by atoms with van der Waals surface area (Å²) < 4.78 is 30.5. The number of nitrogens with zero attached hydrogens (tertiary/aromatic N) is 2. The summed E-state index contributed by atoms with van der Waals surface area (Å²) in [4.78, 5) is 4.30. The molecule has 0 spiro atoms. The first-order chi connectivity index (χ1) is 9.29. The highest BCUT2D eigenvalue weighted by Gasteiger charge is 2.17. The Bertz CT molecular complexity index is 715. The number of ether oxygens (including phenoxy) is 1. The minimum absolute atomic E-state index is 0.142. The number of imidazole rings is 1. The topological polar surface area (TPSA) is 61.2 Å². The van der Waals surface area contributed by atoms with E-state index in [0.29, 0.717) is 23.5 Å². The lowest BCUT2D eigenvalue weighted by Crippen LogP contribution is -2.04. The van der Waals surface area contributed by atoms with Crippen LogP contribution in [0.4, 0.5) is 0 Å². The molecule has 1 heterocycles. The smallest absolute Gasteiger partial charge is 0.261 e. The van der Waals surface area contributed by atoms with Crippen LogP contribution in [0.3, 0.4) is 0 Å². The molecule has 0 radical (unpaired) electrons. The van der Waals surface area contributed by atoms with Gasteiger partial charge in [-0.15, -0.1) is 0 Å². The van der Waals surface area contributed by atoms with Gasteiger partial charge in [-0.1, -0.05) is 0 Å². The van der Waals surface area contributed by atoms with Crippen LogP contribution in [0.5, 0.6) is 5.75 Å². The summed E-state index contributed by atoms with van der Waals surface area (Å²) in [6.07, 6.45) is 3.52. The molecule has 0 amide bonds. The summed E-state index contributed by atoms with van der Waals surface area (Å²) in [6.45, 7) is 3.70. The summed E-state index contributed by atoms with van der Waals surface area (Å²) in [5, 5.41) is 0. The molecule has 0 N–H and O–H groups in total. The van der Waals surface area contributed by atoms with Gasteiger partial charge in [0.1, 0.15) is 18.2 Å². The maximum absolute atomic E-state index is 11.5. The van der Waals surface area contributed by atoms with Crippen LogP contribution in [-0.4, -0.2) is 18.0 Å². The van der Waals surface area contributed by atoms with Gasteiger partial charge in [-0.05, 0) is 37.1 Å². The van der Waals surface area contributed by atoms with Crippen LogP contribution in [-0.2, 0) is 22.7 Å². The van der Waals surface area contributed by atoms with Gasteiger partial charge in [-0.3, -0.25) is 0 Å². The van der Waals surface area contributed by atoms with Gasteiger partial charge in [-0.25, -0.2) is 13.4 Å². The van der Waals surface area contributed by atoms with Crippen molar-refractivity contribution < 1.29 is 13.2 Å². The van der Waals surface area contributed by atoms with Gasteiger partial charge in [0.25, 0.3) is 9.05 Å². The lowest BCUT2D eigenvalue weighted by atomic mass is 10.1. The minimum Gasteiger partial charge on any atom is -0.486 e. The number of hydrogen-bond acceptors (Lipinski definition) is 4. The molecule has 0 fully saturated rings. The molecule has 0 aliphatic rings. The number of aryl methyl sites for hydroxylation is 3. The summed E-state index contributed by atoms with van der Waals surface area (Å²) >= 11 is 0. The van der Waals surface area contributed by atoms with Crippen LogP contribution < -0.4 is 4.74 Å². The first-order valence-electron chi connectivity index (χ1n) is 5.94. The summed E-state index contributed by atoms with van der Waals surface area (Å²) in [6, 6.07) is 3.32. The maximum atomic E-state index is 11.5. The molecule has 0 bridgehead atoms. The Labute approximate surface area is 122 Å². The average molecular weight is 315 g/mol. The zero-order valence-corrected chi connectivity index (χ0v) is 13.0. The van der Waals surface area contributed by atoms with Crippen LogP contribution in [0.1, 0.15) is 17.0 Å². The molecule has 0 unspecified atom stereocenters. The van der Waals surface area contributed by atoms with E-state index in [1.165, 1.54) is 0 Å². The molecule has 0 aliphatic heterocycles. The summed E-state index contributed by atoms with van der Waals surface area (Å²) in [7, 11) is 3.55. The third-order valence-electron chi connectivity index (χ3n) is 2.97. The SMILES string of the molecule is Cc1cc(OCc2nccn2C)cc(C)c1S(=O)(=O)Cl. The third kappa shape index (κ3) is 3.13. The zero-order chi connectivity index (χ0) is 14.9. The molecular weight excluding hydrogens is 300 g/mol. The van der Waals surface area contributed by atoms with Gasteiger partial charge in [0.2, 0.25) is 0 Å². The molecule has 0 saturated heterocycles. The quantitative estimate of drug-likeness (QED) is 0.814. The van der Waals surface area contributed by atoms with Gasteiger partial charge >= 0.3 is 0 Å². The van der Waals surface area contributed by atoms with Gasteiger partial charge < -0.3 is 9.30 Å². The number of halogens is 1. The number of rotatable bonds is 4. The molecule has 5 nitrogen and oxygen atoms in total. The van der Waals surface area contributed by atoms with E-state index in [9.17, 15) is 8.42 Å². The van der Waals surface area contributed by atoms with E-state index in [0.717, 1.165) is 5.82 Å². The highest BCUT2D eigenvalue weighted by molar-refractivity contribution is 8.13. The van der Waals surface area contributed by atoms with Crippen LogP contribution in [0.15, 0.2) is 29.4 Å². The Hall–Kier alpha value is -1.53. The van der Waals surface area contributed by atoms with E-state index in [-0.39, 0.29) is 4.90 Å². The highest BCUT2D eigenvalue weighted by atomic mass is 35.7. The van der Waals surface area contributed by atoms with Crippen molar-refractivity contribution in [3.8, 4) is 5.75 Å². The Kier molecular flexibility index (Phi) is 4.06. The lowest BCUT2D eigenvalue weighted by Gasteiger charge is -2.11. The van der Waals surface area contributed by atoms with E-state index < -0.39 is 9.05 Å². The van der Waals surface area contributed by atoms with E-state index in [1.807, 2.05) is 17.8 Å². The molecule has 0 atom stereocenters. The van der Waals surface area contributed by atoms with E-state index in [4.69, 9.17) is 15.4 Å². The highest BCUT2D eigenvalue weighted by Crippen LogP contribution is 2.28. The fraction of sp³-hybridized carbons (Fsp3) is 0.308. The van der Waals surface area contributed by atoms with E-state index >= 15 is 0 Å². The van der Waals surface area contributed by atoms with Crippen LogP contribution in [0.2, 0.25) is 0 Å². The average Bonchev–Trinajstić information content (AvgIpc) is 2.69. The maximum Gasteiger partial charge on any atom is 0.261 e. The predicted octanol–water partition coefficient (Wildman–Crippen LogP) is 2.54. The monoisotopic (exact) mass is 314 g/mol. The predicted molar refractivity (Wildman–Crippen MR) is 76.5 cm³/mol. The zero-order valence-electron chi connectivity index (χ0n) is 11.4. The second-order valence-electron chi connectivity index (χ2n) is 4.57. The molecule has 2 aromatic rings. The van der Waals surface area contributed by atoms with Gasteiger partial charge in [0.05, 0.1) is 4.90 Å². The molecule has 1 aromatic carbocycles. The van der Waals surface area contributed by atoms with Crippen molar-refractivity contribution in [2.24, 2.45) is 7.05 Å². The van der Waals surface area contributed by atoms with Gasteiger partial charge in [0, 0.05) is 30.1 Å². The Morgan fingerprint density at radius 1 is 1.30 bits per heavy atom. The van der Waals surface area contributed by atoms with Crippen molar-refractivity contribution in [3.05, 3.63) is 41.5 Å². The lowest BCUT2D eigenvalue weighted by molar-refractivity contribution is 0.291. The molecule has 0 aliphatic carbocycles. The van der Waals surface area contributed by atoms with Crippen molar-refractivity contribution in [1.82, 2.24) is 9.55 Å². The Morgan fingerprint density at radius 2 is 1.90 bits per heavy atom. The Morgan fingerprint density at radius 3 is 2.35 bits per heavy atom. The third-order valence-corrected chi connectivity index (χ3v) is 4.56. The fourth-order valence-electron chi connectivity index (χ4n) is 2.06. The number of hydrogen-bond donors (Lipinski definition) is 0. The molecular formula is C13H15ClN2O3S. The van der Waals surface area contributed by atoms with Crippen LogP contribution >= 0.6 is 10.7 Å². The molecule has 2 rings (SSSR count). The molecule has 7 heteroatoms. The fourth-order valence-corrected chi connectivity index (χ4v) is 3.68. The first-order valence-corrected chi connectivity index (χ1v) is 8.25. The van der Waals surface area contributed by atoms with Crippen molar-refractivity contribution >= 4 is 19.7 Å². The minimum atomic E-state index is -3.75. The standard InChI is InChI=1S/C13H15ClN2O3S/c1-9-6-11(7-10(2)13(9)20(14,17)18)19-8-12-15-4-5-16(12)3/h4-7H,8H2,1-3H3.